The van der Waals surface area contributed by atoms with Gasteiger partial charge in [0, 0.05) is 18.3 Å². The summed E-state index contributed by atoms with van der Waals surface area (Å²) in [6.45, 7) is 3.06. The lowest BCUT2D eigenvalue weighted by atomic mass is 9.29. The number of hydrogen-bond acceptors (Lipinski definition) is 3. The number of carboxylic acids is 1. The molecule has 0 aromatic carbocycles. The van der Waals surface area contributed by atoms with E-state index in [1.165, 1.54) is 0 Å². The average Bonchev–Trinajstić information content (AvgIpc) is 2.27. The van der Waals surface area contributed by atoms with E-state index in [9.17, 15) is 9.90 Å². The lowest BCUT2D eigenvalue weighted by Crippen LogP contribution is -2.71. The van der Waals surface area contributed by atoms with Gasteiger partial charge in [0.2, 0.25) is 0 Å². The van der Waals surface area contributed by atoms with Gasteiger partial charge in [0.1, 0.15) is 5.60 Å². The highest BCUT2D eigenvalue weighted by Crippen LogP contribution is 2.76. The zero-order valence-corrected chi connectivity index (χ0v) is 10.5. The SMILES string of the molecule is CC1C2(C#CC3(O)CCOCC3)CC1(C(=O)O)C2. The molecule has 2 N–H and O–H groups in total. The molecular weight excluding hydrogens is 232 g/mol. The van der Waals surface area contributed by atoms with Crippen molar-refractivity contribution >= 4 is 5.97 Å². The van der Waals surface area contributed by atoms with Gasteiger partial charge in [-0.05, 0) is 18.8 Å². The topological polar surface area (TPSA) is 66.8 Å². The van der Waals surface area contributed by atoms with Crippen molar-refractivity contribution in [2.45, 2.75) is 38.2 Å². The Morgan fingerprint density at radius 2 is 1.89 bits per heavy atom. The van der Waals surface area contributed by atoms with Crippen LogP contribution in [0.25, 0.3) is 0 Å². The van der Waals surface area contributed by atoms with Gasteiger partial charge in [-0.15, -0.1) is 0 Å². The van der Waals surface area contributed by atoms with Gasteiger partial charge in [-0.25, -0.2) is 0 Å². The van der Waals surface area contributed by atoms with Crippen molar-refractivity contribution in [2.24, 2.45) is 16.7 Å². The number of carboxylic acid groups (broad SMARTS) is 1. The van der Waals surface area contributed by atoms with Crippen molar-refractivity contribution in [2.75, 3.05) is 13.2 Å². The van der Waals surface area contributed by atoms with Crippen LogP contribution in [0.4, 0.5) is 0 Å². The maximum Gasteiger partial charge on any atom is 0.310 e. The Kier molecular flexibility index (Phi) is 2.33. The number of aliphatic carboxylic acids is 1. The minimum absolute atomic E-state index is 0.110. The summed E-state index contributed by atoms with van der Waals surface area (Å²) in [5, 5.41) is 19.4. The summed E-state index contributed by atoms with van der Waals surface area (Å²) in [4.78, 5) is 11.1. The fourth-order valence-electron chi connectivity index (χ4n) is 3.56. The van der Waals surface area contributed by atoms with Crippen molar-refractivity contribution in [3.8, 4) is 11.8 Å². The Morgan fingerprint density at radius 1 is 1.28 bits per heavy atom. The molecule has 4 fully saturated rings. The third-order valence-electron chi connectivity index (χ3n) is 5.21. The first-order valence-corrected chi connectivity index (χ1v) is 6.50. The summed E-state index contributed by atoms with van der Waals surface area (Å²) in [7, 11) is 0. The van der Waals surface area contributed by atoms with Crippen LogP contribution in [0.1, 0.15) is 32.6 Å². The molecule has 0 aromatic heterocycles. The second-order valence-corrected chi connectivity index (χ2v) is 6.09. The molecule has 4 aliphatic rings. The Bertz CT molecular complexity index is 444. The van der Waals surface area contributed by atoms with Crippen LogP contribution in [-0.2, 0) is 9.53 Å². The van der Waals surface area contributed by atoms with Crippen molar-refractivity contribution < 1.29 is 19.7 Å². The number of rotatable bonds is 1. The van der Waals surface area contributed by atoms with Crippen LogP contribution < -0.4 is 0 Å². The predicted octanol–water partition coefficient (Wildman–Crippen LogP) is 1.03. The smallest absolute Gasteiger partial charge is 0.310 e. The quantitative estimate of drug-likeness (QED) is 0.682. The molecule has 1 heterocycles. The van der Waals surface area contributed by atoms with Gasteiger partial charge < -0.3 is 14.9 Å². The Labute approximate surface area is 106 Å². The highest BCUT2D eigenvalue weighted by atomic mass is 16.5. The summed E-state index contributed by atoms with van der Waals surface area (Å²) in [5.41, 5.74) is -1.59. The maximum absolute atomic E-state index is 11.1. The number of ether oxygens (including phenoxy) is 1. The number of hydrogen-bond donors (Lipinski definition) is 2. The standard InChI is InChI=1S/C14H18O4/c1-10-12(8-14(10,9-12)11(15)16)2-3-13(17)4-6-18-7-5-13/h10,17H,4-9H2,1H3,(H,15,16). The van der Waals surface area contributed by atoms with E-state index in [2.05, 4.69) is 11.8 Å². The fraction of sp³-hybridized carbons (Fsp3) is 0.786. The molecule has 98 valence electrons. The predicted molar refractivity (Wildman–Crippen MR) is 63.7 cm³/mol. The van der Waals surface area contributed by atoms with Crippen LogP contribution in [0.5, 0.6) is 0 Å². The van der Waals surface area contributed by atoms with E-state index in [1.807, 2.05) is 6.92 Å². The maximum atomic E-state index is 11.1. The number of aliphatic hydroxyl groups is 1. The van der Waals surface area contributed by atoms with E-state index < -0.39 is 17.0 Å². The lowest BCUT2D eigenvalue weighted by Gasteiger charge is -2.71. The molecule has 18 heavy (non-hydrogen) atoms. The molecule has 3 saturated carbocycles. The van der Waals surface area contributed by atoms with Crippen molar-refractivity contribution in [3.05, 3.63) is 0 Å². The minimum atomic E-state index is -0.927. The second kappa shape index (κ2) is 3.49. The van der Waals surface area contributed by atoms with Gasteiger partial charge in [0.15, 0.2) is 0 Å². The van der Waals surface area contributed by atoms with Gasteiger partial charge in [-0.3, -0.25) is 4.79 Å². The van der Waals surface area contributed by atoms with Crippen LogP contribution in [0.2, 0.25) is 0 Å². The van der Waals surface area contributed by atoms with E-state index in [0.717, 1.165) is 0 Å². The van der Waals surface area contributed by atoms with Gasteiger partial charge in [-0.1, -0.05) is 18.8 Å². The van der Waals surface area contributed by atoms with Crippen LogP contribution in [-0.4, -0.2) is 35.0 Å². The van der Waals surface area contributed by atoms with Gasteiger partial charge >= 0.3 is 5.97 Å². The van der Waals surface area contributed by atoms with Crippen LogP contribution >= 0.6 is 0 Å². The normalized spacial score (nSPS) is 44.0. The van der Waals surface area contributed by atoms with Crippen LogP contribution in [0.15, 0.2) is 0 Å². The van der Waals surface area contributed by atoms with Gasteiger partial charge in [0.25, 0.3) is 0 Å². The molecule has 1 saturated heterocycles. The van der Waals surface area contributed by atoms with Gasteiger partial charge in [0.05, 0.1) is 18.6 Å². The first-order valence-electron chi connectivity index (χ1n) is 6.50. The van der Waals surface area contributed by atoms with E-state index >= 15 is 0 Å². The molecule has 0 amide bonds. The zero-order valence-electron chi connectivity index (χ0n) is 10.5. The van der Waals surface area contributed by atoms with E-state index in [1.54, 1.807) is 0 Å². The van der Waals surface area contributed by atoms with E-state index in [0.29, 0.717) is 38.9 Å². The zero-order chi connectivity index (χ0) is 13.0. The first kappa shape index (κ1) is 12.0. The molecule has 3 aliphatic carbocycles. The van der Waals surface area contributed by atoms with Crippen LogP contribution in [0, 0.1) is 28.6 Å². The largest absolute Gasteiger partial charge is 0.481 e. The van der Waals surface area contributed by atoms with E-state index in [4.69, 9.17) is 9.84 Å². The van der Waals surface area contributed by atoms with Crippen LogP contribution in [0.3, 0.4) is 0 Å². The highest BCUT2D eigenvalue weighted by molar-refractivity contribution is 5.81. The molecule has 0 radical (unpaired) electrons. The summed E-state index contributed by atoms with van der Waals surface area (Å²) in [5.74, 6) is 5.60. The Morgan fingerprint density at radius 3 is 2.39 bits per heavy atom. The Balaban J connectivity index is 1.72. The molecule has 1 atom stereocenters. The van der Waals surface area contributed by atoms with Gasteiger partial charge in [-0.2, -0.15) is 0 Å². The highest BCUT2D eigenvalue weighted by Gasteiger charge is 2.77. The molecule has 4 nitrogen and oxygen atoms in total. The van der Waals surface area contributed by atoms with E-state index in [-0.39, 0.29) is 11.3 Å². The van der Waals surface area contributed by atoms with Crippen molar-refractivity contribution in [1.29, 1.82) is 0 Å². The molecule has 1 aliphatic heterocycles. The molecule has 0 aromatic rings. The average molecular weight is 250 g/mol. The molecule has 2 bridgehead atoms. The molecular formula is C14H18O4. The fourth-order valence-corrected chi connectivity index (χ4v) is 3.56. The molecule has 1 unspecified atom stereocenters. The van der Waals surface area contributed by atoms with Crippen molar-refractivity contribution in [3.63, 3.8) is 0 Å². The summed E-state index contributed by atoms with van der Waals surface area (Å²) in [6, 6.07) is 0. The third kappa shape index (κ3) is 1.38. The second-order valence-electron chi connectivity index (χ2n) is 6.09. The first-order chi connectivity index (χ1) is 8.43. The van der Waals surface area contributed by atoms with Crippen molar-refractivity contribution in [1.82, 2.24) is 0 Å². The molecule has 4 rings (SSSR count). The number of carbonyl (C=O) groups is 1. The molecule has 0 spiro atoms. The summed E-state index contributed by atoms with van der Waals surface area (Å²) in [6.07, 6.45) is 2.40. The minimum Gasteiger partial charge on any atom is -0.481 e. The molecule has 4 heteroatoms. The Hall–Kier alpha value is -1.05. The lowest BCUT2D eigenvalue weighted by molar-refractivity contribution is -0.240. The summed E-state index contributed by atoms with van der Waals surface area (Å²) < 4.78 is 5.21. The summed E-state index contributed by atoms with van der Waals surface area (Å²) >= 11 is 0. The monoisotopic (exact) mass is 250 g/mol. The third-order valence-corrected chi connectivity index (χ3v) is 5.21.